The van der Waals surface area contributed by atoms with Crippen LogP contribution in [0.25, 0.3) is 0 Å². The van der Waals surface area contributed by atoms with Gasteiger partial charge in [0.25, 0.3) is 17.7 Å². The molecule has 2 aliphatic rings. The highest BCUT2D eigenvalue weighted by Crippen LogP contribution is 2.31. The van der Waals surface area contributed by atoms with Crippen LogP contribution in [-0.2, 0) is 11.3 Å². The normalized spacial score (nSPS) is 16.4. The van der Waals surface area contributed by atoms with Crippen LogP contribution in [0.1, 0.15) is 68.7 Å². The first-order chi connectivity index (χ1) is 16.1. The zero-order chi connectivity index (χ0) is 24.5. The van der Waals surface area contributed by atoms with Crippen LogP contribution >= 0.6 is 0 Å². The molecule has 1 heterocycles. The average Bonchev–Trinajstić information content (AvgIpc) is 3.07. The molecular weight excluding hydrogens is 451 g/mol. The number of nitrogens with zero attached hydrogens (tertiary/aromatic N) is 1. The first-order valence-corrected chi connectivity index (χ1v) is 10.9. The van der Waals surface area contributed by atoms with Gasteiger partial charge in [0, 0.05) is 23.8 Å². The standard InChI is InChI=1S/C24H22F3N3O4/c25-24(26,27)23(34)29-16-9-6-14(7-10-16)13-28-20(31)15-8-11-18-19(12-15)22(33)30(21(18)32)17-4-2-1-3-5-17/h6-12,17H,1-5,13H2,(H,28,31)(H,29,34). The van der Waals surface area contributed by atoms with Gasteiger partial charge in [0.05, 0.1) is 11.1 Å². The average molecular weight is 473 g/mol. The molecule has 4 rings (SSSR count). The summed E-state index contributed by atoms with van der Waals surface area (Å²) in [6.45, 7) is 0.0739. The van der Waals surface area contributed by atoms with Crippen LogP contribution in [0, 0.1) is 0 Å². The quantitative estimate of drug-likeness (QED) is 0.641. The Bertz CT molecular complexity index is 1140. The first-order valence-electron chi connectivity index (χ1n) is 10.9. The Morgan fingerprint density at radius 3 is 2.21 bits per heavy atom. The Balaban J connectivity index is 1.39. The minimum atomic E-state index is -4.98. The van der Waals surface area contributed by atoms with Crippen molar-refractivity contribution in [3.63, 3.8) is 0 Å². The number of halogens is 3. The molecule has 4 amide bonds. The molecule has 1 fully saturated rings. The second-order valence-corrected chi connectivity index (χ2v) is 8.36. The van der Waals surface area contributed by atoms with Crippen LogP contribution in [0.15, 0.2) is 42.5 Å². The highest BCUT2D eigenvalue weighted by molar-refractivity contribution is 6.22. The number of rotatable bonds is 5. The van der Waals surface area contributed by atoms with Gasteiger partial charge in [-0.25, -0.2) is 0 Å². The number of hydrogen-bond donors (Lipinski definition) is 2. The van der Waals surface area contributed by atoms with Crippen molar-refractivity contribution < 1.29 is 32.3 Å². The number of hydrogen-bond acceptors (Lipinski definition) is 4. The number of carbonyl (C=O) groups excluding carboxylic acids is 4. The molecule has 34 heavy (non-hydrogen) atoms. The monoisotopic (exact) mass is 473 g/mol. The van der Waals surface area contributed by atoms with E-state index < -0.39 is 18.0 Å². The number of carbonyl (C=O) groups is 4. The zero-order valence-corrected chi connectivity index (χ0v) is 18.1. The molecule has 10 heteroatoms. The van der Waals surface area contributed by atoms with Crippen LogP contribution < -0.4 is 10.6 Å². The predicted octanol–water partition coefficient (Wildman–Crippen LogP) is 4.05. The molecule has 0 unspecified atom stereocenters. The smallest absolute Gasteiger partial charge is 0.348 e. The maximum absolute atomic E-state index is 12.9. The van der Waals surface area contributed by atoms with Gasteiger partial charge in [0.2, 0.25) is 0 Å². The van der Waals surface area contributed by atoms with E-state index in [1.807, 2.05) is 0 Å². The topological polar surface area (TPSA) is 95.6 Å². The lowest BCUT2D eigenvalue weighted by atomic mass is 9.94. The summed E-state index contributed by atoms with van der Waals surface area (Å²) in [7, 11) is 0. The molecule has 1 aliphatic heterocycles. The van der Waals surface area contributed by atoms with Crippen molar-refractivity contribution >= 4 is 29.3 Å². The summed E-state index contributed by atoms with van der Waals surface area (Å²) in [5.41, 5.74) is 1.30. The van der Waals surface area contributed by atoms with Crippen molar-refractivity contribution in [2.75, 3.05) is 5.32 Å². The fraction of sp³-hybridized carbons (Fsp3) is 0.333. The van der Waals surface area contributed by atoms with Crippen molar-refractivity contribution in [2.24, 2.45) is 0 Å². The highest BCUT2D eigenvalue weighted by atomic mass is 19.4. The molecule has 1 saturated carbocycles. The third kappa shape index (κ3) is 4.80. The van der Waals surface area contributed by atoms with Gasteiger partial charge in [-0.2, -0.15) is 13.2 Å². The summed E-state index contributed by atoms with van der Waals surface area (Å²) in [6.07, 6.45) is -0.366. The van der Waals surface area contributed by atoms with E-state index in [0.717, 1.165) is 32.1 Å². The van der Waals surface area contributed by atoms with Crippen molar-refractivity contribution in [1.29, 1.82) is 0 Å². The third-order valence-corrected chi connectivity index (χ3v) is 6.04. The molecule has 178 valence electrons. The molecule has 0 radical (unpaired) electrons. The molecule has 2 N–H and O–H groups in total. The van der Waals surface area contributed by atoms with Gasteiger partial charge in [-0.05, 0) is 48.7 Å². The molecule has 0 aromatic heterocycles. The van der Waals surface area contributed by atoms with Crippen LogP contribution in [-0.4, -0.2) is 40.7 Å². The fourth-order valence-corrected chi connectivity index (χ4v) is 4.26. The second-order valence-electron chi connectivity index (χ2n) is 8.36. The minimum Gasteiger partial charge on any atom is -0.348 e. The van der Waals surface area contributed by atoms with Gasteiger partial charge < -0.3 is 10.6 Å². The second kappa shape index (κ2) is 9.28. The summed E-state index contributed by atoms with van der Waals surface area (Å²) in [5, 5.41) is 4.42. The van der Waals surface area contributed by atoms with E-state index in [9.17, 15) is 32.3 Å². The number of amides is 4. The lowest BCUT2D eigenvalue weighted by Gasteiger charge is -2.29. The first kappa shape index (κ1) is 23.5. The number of alkyl halides is 3. The van der Waals surface area contributed by atoms with Crippen molar-refractivity contribution in [3.05, 3.63) is 64.7 Å². The van der Waals surface area contributed by atoms with Gasteiger partial charge >= 0.3 is 12.1 Å². The fourth-order valence-electron chi connectivity index (χ4n) is 4.26. The van der Waals surface area contributed by atoms with Crippen LogP contribution in [0.2, 0.25) is 0 Å². The maximum atomic E-state index is 12.9. The third-order valence-electron chi connectivity index (χ3n) is 6.04. The molecule has 0 spiro atoms. The number of nitrogens with one attached hydrogen (secondary N) is 2. The molecule has 0 saturated heterocycles. The van der Waals surface area contributed by atoms with Gasteiger partial charge in [-0.15, -0.1) is 0 Å². The summed E-state index contributed by atoms with van der Waals surface area (Å²) in [6, 6.07) is 9.82. The van der Waals surface area contributed by atoms with E-state index >= 15 is 0 Å². The molecular formula is C24H22F3N3O4. The van der Waals surface area contributed by atoms with Crippen molar-refractivity contribution in [3.8, 4) is 0 Å². The largest absolute Gasteiger partial charge is 0.471 e. The summed E-state index contributed by atoms with van der Waals surface area (Å²) in [4.78, 5) is 50.6. The van der Waals surface area contributed by atoms with E-state index in [1.165, 1.54) is 47.4 Å². The predicted molar refractivity (Wildman–Crippen MR) is 116 cm³/mol. The van der Waals surface area contributed by atoms with Crippen molar-refractivity contribution in [2.45, 2.75) is 50.9 Å². The minimum absolute atomic E-state index is 0.0262. The van der Waals surface area contributed by atoms with Gasteiger partial charge in [0.1, 0.15) is 0 Å². The lowest BCUT2D eigenvalue weighted by molar-refractivity contribution is -0.167. The number of fused-ring (bicyclic) bond motifs is 1. The van der Waals surface area contributed by atoms with Crippen LogP contribution in [0.3, 0.4) is 0 Å². The number of benzene rings is 2. The molecule has 2 aromatic rings. The molecule has 1 aliphatic carbocycles. The number of anilines is 1. The molecule has 7 nitrogen and oxygen atoms in total. The number of imide groups is 1. The van der Waals surface area contributed by atoms with Gasteiger partial charge in [-0.3, -0.25) is 24.1 Å². The zero-order valence-electron chi connectivity index (χ0n) is 18.1. The van der Waals surface area contributed by atoms with Crippen LogP contribution in [0.4, 0.5) is 18.9 Å². The summed E-state index contributed by atoms with van der Waals surface area (Å²) >= 11 is 0. The molecule has 2 aromatic carbocycles. The van der Waals surface area contributed by atoms with Gasteiger partial charge in [-0.1, -0.05) is 31.4 Å². The van der Waals surface area contributed by atoms with E-state index in [-0.39, 0.29) is 41.2 Å². The Morgan fingerprint density at radius 1 is 0.912 bits per heavy atom. The Hall–Kier alpha value is -3.69. The van der Waals surface area contributed by atoms with Crippen LogP contribution in [0.5, 0.6) is 0 Å². The summed E-state index contributed by atoms with van der Waals surface area (Å²) < 4.78 is 37.0. The molecule has 0 bridgehead atoms. The Labute approximate surface area is 193 Å². The maximum Gasteiger partial charge on any atom is 0.471 e. The summed E-state index contributed by atoms with van der Waals surface area (Å²) in [5.74, 6) is -3.23. The van der Waals surface area contributed by atoms with E-state index in [1.54, 1.807) is 5.32 Å². The SMILES string of the molecule is O=C(NCc1ccc(NC(=O)C(F)(F)F)cc1)c1ccc2c(c1)C(=O)N(C1CCCCC1)C2=O. The highest BCUT2D eigenvalue weighted by Gasteiger charge is 2.40. The Morgan fingerprint density at radius 2 is 1.56 bits per heavy atom. The van der Waals surface area contributed by atoms with Crippen molar-refractivity contribution in [1.82, 2.24) is 10.2 Å². The van der Waals surface area contributed by atoms with E-state index in [0.29, 0.717) is 11.1 Å². The van der Waals surface area contributed by atoms with E-state index in [2.05, 4.69) is 5.32 Å². The van der Waals surface area contributed by atoms with Gasteiger partial charge in [0.15, 0.2) is 0 Å². The lowest BCUT2D eigenvalue weighted by Crippen LogP contribution is -2.40. The Kier molecular flexibility index (Phi) is 6.41. The molecule has 0 atom stereocenters. The van der Waals surface area contributed by atoms with E-state index in [4.69, 9.17) is 0 Å².